The molecular formula is C18H20ClINO-. The van der Waals surface area contributed by atoms with Gasteiger partial charge in [0.05, 0.1) is 3.57 Å². The van der Waals surface area contributed by atoms with Crippen molar-refractivity contribution in [3.63, 3.8) is 0 Å². The van der Waals surface area contributed by atoms with Gasteiger partial charge in [-0.2, -0.15) is 0 Å². The van der Waals surface area contributed by atoms with Gasteiger partial charge in [-0.1, -0.05) is 30.3 Å². The average molecular weight is 429 g/mol. The van der Waals surface area contributed by atoms with E-state index in [2.05, 4.69) is 76.9 Å². The Kier molecular flexibility index (Phi) is 6.53. The van der Waals surface area contributed by atoms with Crippen LogP contribution in [0.2, 0.25) is 0 Å². The topological polar surface area (TPSA) is 12.5 Å². The van der Waals surface area contributed by atoms with Crippen LogP contribution in [0.15, 0.2) is 42.5 Å². The molecule has 2 aromatic carbocycles. The Morgan fingerprint density at radius 3 is 2.68 bits per heavy atom. The molecule has 3 rings (SSSR count). The van der Waals surface area contributed by atoms with Crippen LogP contribution in [0.4, 0.5) is 0 Å². The van der Waals surface area contributed by atoms with Crippen molar-refractivity contribution in [3.8, 4) is 5.75 Å². The molecule has 0 aliphatic carbocycles. The highest BCUT2D eigenvalue weighted by molar-refractivity contribution is 14.1. The largest absolute Gasteiger partial charge is 1.00 e. The molecule has 0 atom stereocenters. The molecule has 0 unspecified atom stereocenters. The first-order valence-corrected chi connectivity index (χ1v) is 8.48. The molecule has 0 fully saturated rings. The smallest absolute Gasteiger partial charge is 0.132 e. The molecule has 0 bridgehead atoms. The molecule has 1 heterocycles. The number of halogens is 2. The van der Waals surface area contributed by atoms with Crippen molar-refractivity contribution >= 4 is 22.6 Å². The van der Waals surface area contributed by atoms with Crippen LogP contribution in [0.25, 0.3) is 0 Å². The summed E-state index contributed by atoms with van der Waals surface area (Å²) in [6, 6.07) is 15.1. The number of ether oxygens (including phenoxy) is 1. The van der Waals surface area contributed by atoms with E-state index in [0.717, 1.165) is 38.4 Å². The molecule has 4 heteroatoms. The molecule has 0 saturated carbocycles. The summed E-state index contributed by atoms with van der Waals surface area (Å²) in [5, 5.41) is 0. The number of rotatable bonds is 4. The molecule has 1 aliphatic heterocycles. The van der Waals surface area contributed by atoms with Gasteiger partial charge in [0, 0.05) is 19.6 Å². The van der Waals surface area contributed by atoms with E-state index < -0.39 is 0 Å². The number of hydrogen-bond donors (Lipinski definition) is 0. The molecule has 0 N–H and O–H groups in total. The second-order valence-corrected chi connectivity index (χ2v) is 6.74. The Bertz CT molecular complexity index is 632. The highest BCUT2D eigenvalue weighted by Crippen LogP contribution is 2.22. The fourth-order valence-corrected chi connectivity index (χ4v) is 3.58. The lowest BCUT2D eigenvalue weighted by molar-refractivity contribution is -0.00000469. The van der Waals surface area contributed by atoms with Gasteiger partial charge >= 0.3 is 0 Å². The number of hydrogen-bond acceptors (Lipinski definition) is 2. The maximum atomic E-state index is 5.93. The highest BCUT2D eigenvalue weighted by Gasteiger charge is 2.15. The maximum absolute atomic E-state index is 5.93. The quantitative estimate of drug-likeness (QED) is 0.675. The molecular weight excluding hydrogens is 409 g/mol. The van der Waals surface area contributed by atoms with Crippen LogP contribution in [0, 0.1) is 10.5 Å². The Balaban J connectivity index is 0.00000176. The maximum Gasteiger partial charge on any atom is 0.132 e. The van der Waals surface area contributed by atoms with Crippen molar-refractivity contribution in [2.45, 2.75) is 19.9 Å². The summed E-state index contributed by atoms with van der Waals surface area (Å²) in [6.45, 7) is 6.02. The van der Waals surface area contributed by atoms with Crippen molar-refractivity contribution < 1.29 is 17.1 Å². The lowest BCUT2D eigenvalue weighted by atomic mass is 10.0. The number of aryl methyl sites for hydroxylation is 1. The van der Waals surface area contributed by atoms with Gasteiger partial charge in [-0.15, -0.1) is 0 Å². The van der Waals surface area contributed by atoms with Gasteiger partial charge in [0.15, 0.2) is 0 Å². The predicted molar refractivity (Wildman–Crippen MR) is 94.8 cm³/mol. The van der Waals surface area contributed by atoms with Gasteiger partial charge in [-0.3, -0.25) is 4.90 Å². The molecule has 0 saturated heterocycles. The molecule has 0 amide bonds. The van der Waals surface area contributed by atoms with Gasteiger partial charge in [0.2, 0.25) is 0 Å². The van der Waals surface area contributed by atoms with Crippen LogP contribution >= 0.6 is 22.6 Å². The number of fused-ring (bicyclic) bond motifs is 1. The van der Waals surface area contributed by atoms with Gasteiger partial charge in [-0.05, 0) is 64.8 Å². The van der Waals surface area contributed by atoms with Crippen molar-refractivity contribution in [1.82, 2.24) is 4.90 Å². The fraction of sp³-hybridized carbons (Fsp3) is 0.333. The summed E-state index contributed by atoms with van der Waals surface area (Å²) >= 11 is 2.34. The molecule has 22 heavy (non-hydrogen) atoms. The Morgan fingerprint density at radius 1 is 1.14 bits per heavy atom. The monoisotopic (exact) mass is 428 g/mol. The zero-order valence-corrected chi connectivity index (χ0v) is 15.6. The van der Waals surface area contributed by atoms with Crippen LogP contribution in [0.3, 0.4) is 0 Å². The van der Waals surface area contributed by atoms with Crippen molar-refractivity contribution in [3.05, 3.63) is 62.7 Å². The van der Waals surface area contributed by atoms with E-state index in [1.165, 1.54) is 20.3 Å². The summed E-state index contributed by atoms with van der Waals surface area (Å²) in [7, 11) is 0. The number of nitrogens with zero attached hydrogens (tertiary/aromatic N) is 1. The zero-order chi connectivity index (χ0) is 14.7. The van der Waals surface area contributed by atoms with Gasteiger partial charge in [0.25, 0.3) is 0 Å². The summed E-state index contributed by atoms with van der Waals surface area (Å²) in [5.41, 5.74) is 4.25. The molecule has 0 radical (unpaired) electrons. The lowest BCUT2D eigenvalue weighted by Crippen LogP contribution is -3.00. The lowest BCUT2D eigenvalue weighted by Gasteiger charge is -2.28. The van der Waals surface area contributed by atoms with Crippen LogP contribution < -0.4 is 17.1 Å². The van der Waals surface area contributed by atoms with E-state index >= 15 is 0 Å². The Labute approximate surface area is 152 Å². The van der Waals surface area contributed by atoms with Gasteiger partial charge in [0.1, 0.15) is 12.4 Å². The highest BCUT2D eigenvalue weighted by atomic mass is 127. The molecule has 2 nitrogen and oxygen atoms in total. The van der Waals surface area contributed by atoms with E-state index in [1.54, 1.807) is 0 Å². The minimum Gasteiger partial charge on any atom is -1.00 e. The third-order valence-corrected chi connectivity index (χ3v) is 4.81. The van der Waals surface area contributed by atoms with Gasteiger partial charge in [-0.25, -0.2) is 0 Å². The Morgan fingerprint density at radius 2 is 1.91 bits per heavy atom. The summed E-state index contributed by atoms with van der Waals surface area (Å²) in [6.07, 6.45) is 1.15. The SMILES string of the molecule is Cc1ccc(OCCN2CCc3ccccc3C2)c(I)c1.[Cl-]. The second-order valence-electron chi connectivity index (χ2n) is 5.58. The average Bonchev–Trinajstić information content (AvgIpc) is 2.49. The molecule has 1 aliphatic rings. The standard InChI is InChI=1S/C18H20INO.ClH/c1-14-6-7-18(17(19)12-14)21-11-10-20-9-8-15-4-2-3-5-16(15)13-20;/h2-7,12H,8-11,13H2,1H3;1H/p-1. The summed E-state index contributed by atoms with van der Waals surface area (Å²) in [5.74, 6) is 0.999. The summed E-state index contributed by atoms with van der Waals surface area (Å²) in [4.78, 5) is 2.48. The van der Waals surface area contributed by atoms with Crippen LogP contribution in [0.1, 0.15) is 16.7 Å². The van der Waals surface area contributed by atoms with E-state index in [1.807, 2.05) is 0 Å². The fourth-order valence-electron chi connectivity index (χ4n) is 2.75. The first-order chi connectivity index (χ1) is 10.2. The second kappa shape index (κ2) is 8.18. The molecule has 0 spiro atoms. The normalized spacial score (nSPS) is 14.1. The Hall–Kier alpha value is -0.780. The third kappa shape index (κ3) is 4.37. The van der Waals surface area contributed by atoms with E-state index in [0.29, 0.717) is 0 Å². The van der Waals surface area contributed by atoms with Gasteiger partial charge < -0.3 is 17.1 Å². The first kappa shape index (κ1) is 17.6. The van der Waals surface area contributed by atoms with Crippen LogP contribution in [-0.4, -0.2) is 24.6 Å². The first-order valence-electron chi connectivity index (χ1n) is 7.40. The van der Waals surface area contributed by atoms with Crippen molar-refractivity contribution in [2.75, 3.05) is 19.7 Å². The minimum absolute atomic E-state index is 0. The predicted octanol–water partition coefficient (Wildman–Crippen LogP) is 1.04. The molecule has 118 valence electrons. The zero-order valence-electron chi connectivity index (χ0n) is 12.7. The third-order valence-electron chi connectivity index (χ3n) is 3.96. The summed E-state index contributed by atoms with van der Waals surface area (Å²) < 4.78 is 7.12. The number of benzene rings is 2. The van der Waals surface area contributed by atoms with E-state index in [9.17, 15) is 0 Å². The van der Waals surface area contributed by atoms with Crippen LogP contribution in [0.5, 0.6) is 5.75 Å². The molecule has 0 aromatic heterocycles. The van der Waals surface area contributed by atoms with Crippen LogP contribution in [-0.2, 0) is 13.0 Å². The molecule has 2 aromatic rings. The van der Waals surface area contributed by atoms with Crippen molar-refractivity contribution in [1.29, 1.82) is 0 Å². The minimum atomic E-state index is 0. The van der Waals surface area contributed by atoms with Crippen molar-refractivity contribution in [2.24, 2.45) is 0 Å². The van der Waals surface area contributed by atoms with E-state index in [-0.39, 0.29) is 12.4 Å². The van der Waals surface area contributed by atoms with E-state index in [4.69, 9.17) is 4.74 Å².